The molecule has 0 rings (SSSR count). The van der Waals surface area contributed by atoms with E-state index < -0.39 is 8.32 Å². The van der Waals surface area contributed by atoms with Crippen molar-refractivity contribution in [3.8, 4) is 0 Å². The summed E-state index contributed by atoms with van der Waals surface area (Å²) in [6.07, 6.45) is 6.62. The lowest BCUT2D eigenvalue weighted by Gasteiger charge is -2.44. The van der Waals surface area contributed by atoms with Crippen LogP contribution in [-0.4, -0.2) is 13.9 Å². The highest BCUT2D eigenvalue weighted by Gasteiger charge is 2.42. The first kappa shape index (κ1) is 16.9. The molecule has 0 radical (unpaired) electrons. The van der Waals surface area contributed by atoms with Crippen LogP contribution in [0.3, 0.4) is 0 Å². The Morgan fingerprint density at radius 2 is 1.71 bits per heavy atom. The topological polar surface area (TPSA) is 9.23 Å². The van der Waals surface area contributed by atoms with Crippen molar-refractivity contribution in [1.29, 1.82) is 0 Å². The molecule has 0 saturated carbocycles. The summed E-state index contributed by atoms with van der Waals surface area (Å²) in [6, 6.07) is 0. The Kier molecular flexibility index (Phi) is 6.16. The van der Waals surface area contributed by atoms with E-state index in [1.54, 1.807) is 0 Å². The van der Waals surface area contributed by atoms with Crippen LogP contribution in [0.4, 0.5) is 0 Å². The van der Waals surface area contributed by atoms with Crippen LogP contribution >= 0.6 is 0 Å². The summed E-state index contributed by atoms with van der Waals surface area (Å²) in [4.78, 5) is 0. The van der Waals surface area contributed by atoms with Gasteiger partial charge in [-0.2, -0.15) is 0 Å². The Labute approximate surface area is 110 Å². The second kappa shape index (κ2) is 6.19. The standard InChI is InChI=1S/C15H32OSi/c1-9-12-13-15(10-2,11-3)16-17(7,8)14(4,5)6/h10H,2,9,11-13H2,1,3-8H3. The van der Waals surface area contributed by atoms with Gasteiger partial charge in [-0.3, -0.25) is 0 Å². The molecule has 0 saturated heterocycles. The molecule has 1 nitrogen and oxygen atoms in total. The summed E-state index contributed by atoms with van der Waals surface area (Å²) in [5.41, 5.74) is -0.0982. The minimum Gasteiger partial charge on any atom is -0.408 e. The van der Waals surface area contributed by atoms with Crippen LogP contribution in [0.5, 0.6) is 0 Å². The Morgan fingerprint density at radius 1 is 1.18 bits per heavy atom. The maximum absolute atomic E-state index is 6.61. The maximum Gasteiger partial charge on any atom is 0.193 e. The fraction of sp³-hybridized carbons (Fsp3) is 0.867. The van der Waals surface area contributed by atoms with Gasteiger partial charge in [0.1, 0.15) is 0 Å². The van der Waals surface area contributed by atoms with Gasteiger partial charge in [-0.25, -0.2) is 0 Å². The summed E-state index contributed by atoms with van der Waals surface area (Å²) in [7, 11) is -1.70. The van der Waals surface area contributed by atoms with Crippen molar-refractivity contribution < 1.29 is 4.43 Å². The Morgan fingerprint density at radius 3 is 2.00 bits per heavy atom. The van der Waals surface area contributed by atoms with Crippen molar-refractivity contribution in [2.75, 3.05) is 0 Å². The van der Waals surface area contributed by atoms with E-state index in [1.807, 2.05) is 6.08 Å². The normalized spacial score (nSPS) is 16.6. The zero-order chi connectivity index (χ0) is 13.7. The van der Waals surface area contributed by atoms with Gasteiger partial charge in [0, 0.05) is 0 Å². The molecule has 0 aromatic heterocycles. The first-order valence-corrected chi connectivity index (χ1v) is 9.88. The number of unbranched alkanes of at least 4 members (excludes halogenated alkanes) is 1. The first-order valence-electron chi connectivity index (χ1n) is 6.98. The molecule has 1 atom stereocenters. The molecule has 0 bridgehead atoms. The second-order valence-corrected chi connectivity index (χ2v) is 11.3. The van der Waals surface area contributed by atoms with Crippen LogP contribution < -0.4 is 0 Å². The lowest BCUT2D eigenvalue weighted by Crippen LogP contribution is -2.48. The smallest absolute Gasteiger partial charge is 0.193 e. The zero-order valence-electron chi connectivity index (χ0n) is 13.0. The predicted octanol–water partition coefficient (Wildman–Crippen LogP) is 5.53. The van der Waals surface area contributed by atoms with Gasteiger partial charge < -0.3 is 4.43 Å². The summed E-state index contributed by atoms with van der Waals surface area (Å²) in [5.74, 6) is 0. The Hall–Kier alpha value is -0.0831. The van der Waals surface area contributed by atoms with Gasteiger partial charge in [0.15, 0.2) is 8.32 Å². The molecule has 0 spiro atoms. The minimum absolute atomic E-state index is 0.0982. The van der Waals surface area contributed by atoms with Crippen LogP contribution in [0, 0.1) is 0 Å². The molecule has 2 heteroatoms. The molecule has 0 aromatic carbocycles. The average Bonchev–Trinajstić information content (AvgIpc) is 2.22. The lowest BCUT2D eigenvalue weighted by molar-refractivity contribution is 0.0862. The quantitative estimate of drug-likeness (QED) is 0.429. The average molecular weight is 257 g/mol. The maximum atomic E-state index is 6.61. The lowest BCUT2D eigenvalue weighted by atomic mass is 9.94. The highest BCUT2D eigenvalue weighted by atomic mass is 28.4. The third-order valence-electron chi connectivity index (χ3n) is 4.19. The van der Waals surface area contributed by atoms with Crippen molar-refractivity contribution in [1.82, 2.24) is 0 Å². The third kappa shape index (κ3) is 4.59. The predicted molar refractivity (Wildman–Crippen MR) is 81.0 cm³/mol. The third-order valence-corrected chi connectivity index (χ3v) is 8.72. The largest absolute Gasteiger partial charge is 0.408 e. The highest BCUT2D eigenvalue weighted by molar-refractivity contribution is 6.74. The van der Waals surface area contributed by atoms with Crippen molar-refractivity contribution >= 4 is 8.32 Å². The van der Waals surface area contributed by atoms with Crippen LogP contribution in [0.25, 0.3) is 0 Å². The monoisotopic (exact) mass is 256 g/mol. The van der Waals surface area contributed by atoms with E-state index >= 15 is 0 Å². The van der Waals surface area contributed by atoms with Gasteiger partial charge >= 0.3 is 0 Å². The van der Waals surface area contributed by atoms with Gasteiger partial charge in [0.05, 0.1) is 5.60 Å². The van der Waals surface area contributed by atoms with E-state index in [0.717, 1.165) is 12.8 Å². The molecule has 0 aromatic rings. The molecule has 0 amide bonds. The Balaban J connectivity index is 4.92. The number of hydrogen-bond acceptors (Lipinski definition) is 1. The van der Waals surface area contributed by atoms with Gasteiger partial charge in [0.25, 0.3) is 0 Å². The molecule has 0 heterocycles. The fourth-order valence-electron chi connectivity index (χ4n) is 1.73. The molecule has 0 fully saturated rings. The molecule has 0 aliphatic rings. The SMILES string of the molecule is C=CC(CC)(CCCC)O[Si](C)(C)C(C)(C)C. The van der Waals surface area contributed by atoms with Gasteiger partial charge in [-0.1, -0.05) is 53.5 Å². The van der Waals surface area contributed by atoms with Crippen LogP contribution in [0.1, 0.15) is 60.3 Å². The molecule has 0 N–H and O–H groups in total. The van der Waals surface area contributed by atoms with Gasteiger partial charge in [-0.05, 0) is 31.0 Å². The van der Waals surface area contributed by atoms with E-state index in [9.17, 15) is 0 Å². The van der Waals surface area contributed by atoms with Crippen LogP contribution in [0.2, 0.25) is 18.1 Å². The zero-order valence-corrected chi connectivity index (χ0v) is 14.0. The fourth-order valence-corrected chi connectivity index (χ4v) is 3.38. The van der Waals surface area contributed by atoms with Gasteiger partial charge in [-0.15, -0.1) is 6.58 Å². The second-order valence-electron chi connectivity index (χ2n) is 6.59. The highest BCUT2D eigenvalue weighted by Crippen LogP contribution is 2.41. The summed E-state index contributed by atoms with van der Waals surface area (Å²) in [6.45, 7) is 20.0. The van der Waals surface area contributed by atoms with Crippen molar-refractivity contribution in [3.63, 3.8) is 0 Å². The molecule has 17 heavy (non-hydrogen) atoms. The summed E-state index contributed by atoms with van der Waals surface area (Å²) < 4.78 is 6.61. The van der Waals surface area contributed by atoms with E-state index in [0.29, 0.717) is 0 Å². The number of hydrogen-bond donors (Lipinski definition) is 0. The molecule has 1 unspecified atom stereocenters. The van der Waals surface area contributed by atoms with Crippen molar-refractivity contribution in [2.24, 2.45) is 0 Å². The molecular weight excluding hydrogens is 224 g/mol. The molecule has 102 valence electrons. The number of rotatable bonds is 7. The van der Waals surface area contributed by atoms with E-state index in [-0.39, 0.29) is 10.6 Å². The van der Waals surface area contributed by atoms with E-state index in [2.05, 4.69) is 54.3 Å². The van der Waals surface area contributed by atoms with Crippen molar-refractivity contribution in [2.45, 2.75) is 84.0 Å². The Bertz CT molecular complexity index is 240. The molecular formula is C15H32OSi. The van der Waals surface area contributed by atoms with Crippen molar-refractivity contribution in [3.05, 3.63) is 12.7 Å². The molecule has 0 aliphatic heterocycles. The van der Waals surface area contributed by atoms with E-state index in [4.69, 9.17) is 4.43 Å². The van der Waals surface area contributed by atoms with E-state index in [1.165, 1.54) is 12.8 Å². The minimum atomic E-state index is -1.70. The first-order chi connectivity index (χ1) is 7.64. The van der Waals surface area contributed by atoms with Crippen LogP contribution in [-0.2, 0) is 4.43 Å². The summed E-state index contributed by atoms with van der Waals surface area (Å²) in [5, 5.41) is 0.267. The van der Waals surface area contributed by atoms with Gasteiger partial charge in [0.2, 0.25) is 0 Å². The summed E-state index contributed by atoms with van der Waals surface area (Å²) >= 11 is 0. The molecule has 0 aliphatic carbocycles. The van der Waals surface area contributed by atoms with Crippen LogP contribution in [0.15, 0.2) is 12.7 Å².